The van der Waals surface area contributed by atoms with Crippen molar-refractivity contribution in [1.82, 2.24) is 0 Å². The molecule has 19 heavy (non-hydrogen) atoms. The molecule has 5 atom stereocenters. The van der Waals surface area contributed by atoms with Crippen LogP contribution in [0, 0.1) is 28.6 Å². The predicted molar refractivity (Wildman–Crippen MR) is 80.8 cm³/mol. The molecule has 0 spiro atoms. The van der Waals surface area contributed by atoms with Gasteiger partial charge in [0.2, 0.25) is 0 Å². The molecule has 0 heteroatoms. The van der Waals surface area contributed by atoms with E-state index in [1.54, 1.807) is 0 Å². The lowest BCUT2D eigenvalue weighted by atomic mass is 9.47. The molecule has 0 radical (unpaired) electrons. The van der Waals surface area contributed by atoms with Gasteiger partial charge >= 0.3 is 0 Å². The lowest BCUT2D eigenvalue weighted by Gasteiger charge is -2.57. The number of allylic oxidation sites excluding steroid dienone is 4. The van der Waals surface area contributed by atoms with E-state index < -0.39 is 0 Å². The third-order valence-corrected chi connectivity index (χ3v) is 7.35. The third kappa shape index (κ3) is 1.58. The molecule has 2 fully saturated rings. The van der Waals surface area contributed by atoms with Gasteiger partial charge in [-0.2, -0.15) is 0 Å². The molecule has 0 heterocycles. The van der Waals surface area contributed by atoms with Gasteiger partial charge in [0.05, 0.1) is 0 Å². The summed E-state index contributed by atoms with van der Waals surface area (Å²) in [5.74, 6) is 2.96. The van der Waals surface area contributed by atoms with Crippen molar-refractivity contribution >= 4 is 0 Å². The summed E-state index contributed by atoms with van der Waals surface area (Å²) >= 11 is 0. The molecule has 4 aliphatic carbocycles. The SMILES string of the molecule is C[C@@]12C=CC[C@H]1[C@@H]1CCC3=CCCC[C@]3(C)[C@H]1CC2. The summed E-state index contributed by atoms with van der Waals surface area (Å²) in [5, 5.41) is 0. The Balaban J connectivity index is 1.69. The zero-order valence-electron chi connectivity index (χ0n) is 12.6. The van der Waals surface area contributed by atoms with Crippen LogP contribution in [0.2, 0.25) is 0 Å². The van der Waals surface area contributed by atoms with Crippen LogP contribution in [0.1, 0.15) is 65.2 Å². The van der Waals surface area contributed by atoms with Crippen molar-refractivity contribution in [2.24, 2.45) is 28.6 Å². The third-order valence-electron chi connectivity index (χ3n) is 7.35. The van der Waals surface area contributed by atoms with Crippen LogP contribution in [0.15, 0.2) is 23.8 Å². The molecule has 4 aliphatic rings. The zero-order chi connectivity index (χ0) is 13.1. The second-order valence-electron chi connectivity index (χ2n) is 8.14. The van der Waals surface area contributed by atoms with Gasteiger partial charge in [-0.3, -0.25) is 0 Å². The van der Waals surface area contributed by atoms with E-state index in [1.807, 2.05) is 5.57 Å². The Bertz CT molecular complexity index is 443. The van der Waals surface area contributed by atoms with Crippen molar-refractivity contribution in [3.05, 3.63) is 23.8 Å². The molecule has 0 unspecified atom stereocenters. The van der Waals surface area contributed by atoms with E-state index in [4.69, 9.17) is 0 Å². The second kappa shape index (κ2) is 3.99. The maximum absolute atomic E-state index is 2.61. The highest BCUT2D eigenvalue weighted by atomic mass is 14.6. The zero-order valence-corrected chi connectivity index (χ0v) is 12.6. The van der Waals surface area contributed by atoms with E-state index in [0.717, 1.165) is 17.8 Å². The van der Waals surface area contributed by atoms with Crippen LogP contribution < -0.4 is 0 Å². The van der Waals surface area contributed by atoms with Crippen LogP contribution in [0.3, 0.4) is 0 Å². The Morgan fingerprint density at radius 1 is 1.11 bits per heavy atom. The van der Waals surface area contributed by atoms with Crippen LogP contribution in [0.4, 0.5) is 0 Å². The van der Waals surface area contributed by atoms with Crippen molar-refractivity contribution in [2.45, 2.75) is 65.2 Å². The summed E-state index contributed by atoms with van der Waals surface area (Å²) in [6.45, 7) is 5.14. The maximum atomic E-state index is 2.61. The number of hydrogen-bond acceptors (Lipinski definition) is 0. The van der Waals surface area contributed by atoms with Gasteiger partial charge in [0, 0.05) is 0 Å². The predicted octanol–water partition coefficient (Wildman–Crippen LogP) is 5.51. The molecule has 0 aromatic heterocycles. The van der Waals surface area contributed by atoms with Gasteiger partial charge < -0.3 is 0 Å². The fourth-order valence-corrected chi connectivity index (χ4v) is 6.24. The lowest BCUT2D eigenvalue weighted by molar-refractivity contribution is -0.0249. The summed E-state index contributed by atoms with van der Waals surface area (Å²) in [6, 6.07) is 0. The quantitative estimate of drug-likeness (QED) is 0.502. The van der Waals surface area contributed by atoms with Crippen LogP contribution in [0.25, 0.3) is 0 Å². The van der Waals surface area contributed by atoms with Gasteiger partial charge in [-0.05, 0) is 80.0 Å². The lowest BCUT2D eigenvalue weighted by Crippen LogP contribution is -2.48. The molecule has 4 rings (SSSR count). The van der Waals surface area contributed by atoms with Crippen molar-refractivity contribution in [3.63, 3.8) is 0 Å². The minimum absolute atomic E-state index is 0.549. The summed E-state index contributed by atoms with van der Waals surface area (Å²) in [4.78, 5) is 0. The van der Waals surface area contributed by atoms with Crippen LogP contribution >= 0.6 is 0 Å². The molecule has 0 nitrogen and oxygen atoms in total. The van der Waals surface area contributed by atoms with Gasteiger partial charge in [0.1, 0.15) is 0 Å². The smallest absolute Gasteiger partial charge is 0.00853 e. The molecule has 2 saturated carbocycles. The number of fused-ring (bicyclic) bond motifs is 5. The molecular weight excluding hydrogens is 228 g/mol. The molecule has 0 aliphatic heterocycles. The van der Waals surface area contributed by atoms with Crippen molar-refractivity contribution in [3.8, 4) is 0 Å². The summed E-state index contributed by atoms with van der Waals surface area (Å²) in [5.41, 5.74) is 2.97. The van der Waals surface area contributed by atoms with Gasteiger partial charge in [0.15, 0.2) is 0 Å². The van der Waals surface area contributed by atoms with Crippen molar-refractivity contribution in [2.75, 3.05) is 0 Å². The molecule has 0 amide bonds. The molecule has 0 aromatic rings. The number of rotatable bonds is 0. The molecule has 0 bridgehead atoms. The number of hydrogen-bond donors (Lipinski definition) is 0. The molecule has 0 aromatic carbocycles. The van der Waals surface area contributed by atoms with E-state index in [0.29, 0.717) is 10.8 Å². The summed E-state index contributed by atoms with van der Waals surface area (Å²) in [6.07, 6.45) is 19.1. The average molecular weight is 256 g/mol. The summed E-state index contributed by atoms with van der Waals surface area (Å²) in [7, 11) is 0. The molecule has 0 N–H and O–H groups in total. The van der Waals surface area contributed by atoms with E-state index in [1.165, 1.54) is 51.4 Å². The van der Waals surface area contributed by atoms with Crippen LogP contribution in [-0.2, 0) is 0 Å². The van der Waals surface area contributed by atoms with E-state index >= 15 is 0 Å². The maximum Gasteiger partial charge on any atom is -0.00853 e. The van der Waals surface area contributed by atoms with Crippen LogP contribution in [-0.4, -0.2) is 0 Å². The normalized spacial score (nSPS) is 52.1. The Morgan fingerprint density at radius 3 is 2.89 bits per heavy atom. The summed E-state index contributed by atoms with van der Waals surface area (Å²) < 4.78 is 0. The highest BCUT2D eigenvalue weighted by molar-refractivity contribution is 5.25. The first-order chi connectivity index (χ1) is 9.13. The Labute approximate surface area is 118 Å². The average Bonchev–Trinajstić information content (AvgIpc) is 2.79. The Morgan fingerprint density at radius 2 is 2.00 bits per heavy atom. The first-order valence-corrected chi connectivity index (χ1v) is 8.51. The van der Waals surface area contributed by atoms with E-state index in [-0.39, 0.29) is 0 Å². The second-order valence-corrected chi connectivity index (χ2v) is 8.14. The fourth-order valence-electron chi connectivity index (χ4n) is 6.24. The Kier molecular flexibility index (Phi) is 2.57. The Hall–Kier alpha value is -0.520. The monoisotopic (exact) mass is 256 g/mol. The highest BCUT2D eigenvalue weighted by Gasteiger charge is 2.54. The highest BCUT2D eigenvalue weighted by Crippen LogP contribution is 2.63. The first kappa shape index (κ1) is 12.2. The van der Waals surface area contributed by atoms with Gasteiger partial charge in [0.25, 0.3) is 0 Å². The van der Waals surface area contributed by atoms with E-state index in [2.05, 4.69) is 32.1 Å². The van der Waals surface area contributed by atoms with Crippen molar-refractivity contribution < 1.29 is 0 Å². The topological polar surface area (TPSA) is 0 Å². The van der Waals surface area contributed by atoms with Crippen molar-refractivity contribution in [1.29, 1.82) is 0 Å². The largest absolute Gasteiger partial charge is 0.0877 e. The minimum Gasteiger partial charge on any atom is -0.0877 e. The van der Waals surface area contributed by atoms with Gasteiger partial charge in [-0.15, -0.1) is 0 Å². The molecule has 104 valence electrons. The first-order valence-electron chi connectivity index (χ1n) is 8.51. The minimum atomic E-state index is 0.549. The standard InChI is InChI=1S/C19H28/c1-18-11-5-7-16(18)15-9-8-14-6-3-4-12-19(14,2)17(15)10-13-18/h5-6,11,15-17H,3-4,7-10,12-13H2,1-2H3/t15-,16-,17-,18-,19-/m0/s1. The molecular formula is C19H28. The fraction of sp³-hybridized carbons (Fsp3) is 0.789. The van der Waals surface area contributed by atoms with Gasteiger partial charge in [-0.1, -0.05) is 37.6 Å². The van der Waals surface area contributed by atoms with E-state index in [9.17, 15) is 0 Å². The molecule has 0 saturated heterocycles. The van der Waals surface area contributed by atoms with Crippen LogP contribution in [0.5, 0.6) is 0 Å². The van der Waals surface area contributed by atoms with Gasteiger partial charge in [-0.25, -0.2) is 0 Å².